The van der Waals surface area contributed by atoms with Crippen LogP contribution in [0.3, 0.4) is 0 Å². The van der Waals surface area contributed by atoms with E-state index in [0.29, 0.717) is 26.1 Å². The molecule has 0 saturated carbocycles. The zero-order valence-electron chi connectivity index (χ0n) is 9.28. The van der Waals surface area contributed by atoms with Crippen molar-refractivity contribution in [3.8, 4) is 0 Å². The van der Waals surface area contributed by atoms with Crippen molar-refractivity contribution in [2.75, 3.05) is 31.1 Å². The van der Waals surface area contributed by atoms with Crippen LogP contribution in [-0.4, -0.2) is 45.7 Å². The second kappa shape index (κ2) is 10.7. The number of nitrogens with zero attached hydrogens (tertiary/aromatic N) is 1. The lowest BCUT2D eigenvalue weighted by Gasteiger charge is -2.19. The van der Waals surface area contributed by atoms with E-state index in [0.717, 1.165) is 11.5 Å². The molecule has 2 N–H and O–H groups in total. The summed E-state index contributed by atoms with van der Waals surface area (Å²) in [6.45, 7) is 3.44. The minimum Gasteiger partial charge on any atom is -0.342 e. The SMILES string of the molecule is CC(=O)N(CCSSCCN)CCC(=O)I. The molecule has 0 aromatic carbocycles. The molecule has 0 aromatic heterocycles. The third kappa shape index (κ3) is 9.73. The molecule has 4 nitrogen and oxygen atoms in total. The molecule has 0 aliphatic heterocycles. The van der Waals surface area contributed by atoms with E-state index < -0.39 is 0 Å². The second-order valence-corrected chi connectivity index (χ2v) is 6.95. The zero-order chi connectivity index (χ0) is 12.4. The molecule has 0 unspecified atom stereocenters. The number of rotatable bonds is 9. The van der Waals surface area contributed by atoms with Crippen LogP contribution in [-0.2, 0) is 9.59 Å². The van der Waals surface area contributed by atoms with Gasteiger partial charge in [0.25, 0.3) is 0 Å². The lowest BCUT2D eigenvalue weighted by atomic mass is 10.4. The summed E-state index contributed by atoms with van der Waals surface area (Å²) in [5.74, 6) is 1.83. The van der Waals surface area contributed by atoms with Gasteiger partial charge in [-0.25, -0.2) is 0 Å². The fourth-order valence-corrected chi connectivity index (χ4v) is 3.05. The Morgan fingerprint density at radius 1 is 1.25 bits per heavy atom. The predicted octanol–water partition coefficient (Wildman–Crippen LogP) is 1.53. The first-order valence-corrected chi connectivity index (χ1v) is 8.53. The van der Waals surface area contributed by atoms with Gasteiger partial charge in [-0.3, -0.25) is 9.59 Å². The maximum absolute atomic E-state index is 11.3. The van der Waals surface area contributed by atoms with Crippen LogP contribution in [0.15, 0.2) is 0 Å². The van der Waals surface area contributed by atoms with Crippen LogP contribution in [0.5, 0.6) is 0 Å². The monoisotopic (exact) mass is 376 g/mol. The molecule has 0 saturated heterocycles. The highest BCUT2D eigenvalue weighted by molar-refractivity contribution is 14.1. The third-order valence-corrected chi connectivity index (χ3v) is 4.71. The summed E-state index contributed by atoms with van der Waals surface area (Å²) in [6, 6.07) is 0. The number of halogens is 1. The van der Waals surface area contributed by atoms with Gasteiger partial charge in [0.1, 0.15) is 0 Å². The van der Waals surface area contributed by atoms with E-state index in [2.05, 4.69) is 0 Å². The molecular weight excluding hydrogens is 359 g/mol. The Morgan fingerprint density at radius 3 is 2.38 bits per heavy atom. The van der Waals surface area contributed by atoms with Crippen LogP contribution in [0.1, 0.15) is 13.3 Å². The smallest absolute Gasteiger partial charge is 0.219 e. The average Bonchev–Trinajstić information content (AvgIpc) is 2.21. The topological polar surface area (TPSA) is 63.4 Å². The van der Waals surface area contributed by atoms with E-state index >= 15 is 0 Å². The molecule has 1 amide bonds. The van der Waals surface area contributed by atoms with Gasteiger partial charge in [0.15, 0.2) is 3.79 Å². The molecule has 16 heavy (non-hydrogen) atoms. The van der Waals surface area contributed by atoms with Gasteiger partial charge in [-0.15, -0.1) is 0 Å². The van der Waals surface area contributed by atoms with Crippen molar-refractivity contribution in [3.63, 3.8) is 0 Å². The van der Waals surface area contributed by atoms with Gasteiger partial charge in [-0.1, -0.05) is 21.6 Å². The Balaban J connectivity index is 3.68. The first-order valence-electron chi connectivity index (χ1n) is 4.96. The van der Waals surface area contributed by atoms with Gasteiger partial charge in [-0.05, 0) is 22.6 Å². The van der Waals surface area contributed by atoms with Crippen LogP contribution in [0, 0.1) is 0 Å². The summed E-state index contributed by atoms with van der Waals surface area (Å²) in [4.78, 5) is 23.8. The van der Waals surface area contributed by atoms with Gasteiger partial charge < -0.3 is 10.6 Å². The van der Waals surface area contributed by atoms with Crippen LogP contribution in [0.2, 0.25) is 0 Å². The molecule has 0 spiro atoms. The number of hydrogen-bond acceptors (Lipinski definition) is 5. The number of carbonyl (C=O) groups is 2. The third-order valence-electron chi connectivity index (χ3n) is 1.75. The summed E-state index contributed by atoms with van der Waals surface area (Å²) in [5.41, 5.74) is 5.36. The summed E-state index contributed by atoms with van der Waals surface area (Å²) in [6.07, 6.45) is 0.431. The van der Waals surface area contributed by atoms with E-state index in [1.807, 2.05) is 0 Å². The van der Waals surface area contributed by atoms with Gasteiger partial charge >= 0.3 is 0 Å². The lowest BCUT2D eigenvalue weighted by Crippen LogP contribution is -2.32. The van der Waals surface area contributed by atoms with Crippen molar-refractivity contribution >= 4 is 53.9 Å². The molecular formula is C9H17IN2O2S2. The Bertz CT molecular complexity index is 230. The highest BCUT2D eigenvalue weighted by Crippen LogP contribution is 2.19. The molecule has 0 rings (SSSR count). The lowest BCUT2D eigenvalue weighted by molar-refractivity contribution is -0.128. The van der Waals surface area contributed by atoms with Crippen molar-refractivity contribution in [2.45, 2.75) is 13.3 Å². The van der Waals surface area contributed by atoms with E-state index in [9.17, 15) is 9.59 Å². The summed E-state index contributed by atoms with van der Waals surface area (Å²) in [7, 11) is 3.43. The Labute approximate surface area is 118 Å². The van der Waals surface area contributed by atoms with Gasteiger partial charge in [0.2, 0.25) is 5.91 Å². The summed E-state index contributed by atoms with van der Waals surface area (Å²) in [5, 5.41) is 0. The molecule has 7 heteroatoms. The van der Waals surface area contributed by atoms with E-state index in [1.54, 1.807) is 49.1 Å². The van der Waals surface area contributed by atoms with Crippen LogP contribution >= 0.6 is 44.2 Å². The van der Waals surface area contributed by atoms with Gasteiger partial charge in [-0.2, -0.15) is 0 Å². The van der Waals surface area contributed by atoms with Crippen molar-refractivity contribution in [3.05, 3.63) is 0 Å². The van der Waals surface area contributed by atoms with E-state index in [1.165, 1.54) is 6.92 Å². The predicted molar refractivity (Wildman–Crippen MR) is 79.9 cm³/mol. The molecule has 0 radical (unpaired) electrons. The summed E-state index contributed by atoms with van der Waals surface area (Å²) >= 11 is 1.76. The minimum absolute atomic E-state index is 0.0297. The highest BCUT2D eigenvalue weighted by atomic mass is 127. The number of carbonyl (C=O) groups excluding carboxylic acids is 2. The van der Waals surface area contributed by atoms with E-state index in [4.69, 9.17) is 5.73 Å². The molecule has 0 aromatic rings. The molecule has 0 heterocycles. The maximum Gasteiger partial charge on any atom is 0.219 e. The van der Waals surface area contributed by atoms with Crippen LogP contribution in [0.25, 0.3) is 0 Å². The van der Waals surface area contributed by atoms with Crippen molar-refractivity contribution < 1.29 is 9.59 Å². The van der Waals surface area contributed by atoms with Crippen molar-refractivity contribution in [1.29, 1.82) is 0 Å². The largest absolute Gasteiger partial charge is 0.342 e. The normalized spacial score (nSPS) is 10.2. The maximum atomic E-state index is 11.3. The summed E-state index contributed by atoms with van der Waals surface area (Å²) < 4.78 is 0.0917. The van der Waals surface area contributed by atoms with E-state index in [-0.39, 0.29) is 9.70 Å². The van der Waals surface area contributed by atoms with Gasteiger partial charge in [0, 0.05) is 44.5 Å². The number of hydrogen-bond donors (Lipinski definition) is 1. The highest BCUT2D eigenvalue weighted by Gasteiger charge is 2.09. The number of nitrogens with two attached hydrogens (primary N) is 1. The standard InChI is InChI=1S/C9H17IN2O2S2/c1-8(13)12(4-2-9(10)14)5-7-16-15-6-3-11/h2-7,11H2,1H3. The molecule has 0 atom stereocenters. The molecule has 94 valence electrons. The first-order chi connectivity index (χ1) is 7.57. The molecule has 0 aliphatic rings. The average molecular weight is 376 g/mol. The second-order valence-electron chi connectivity index (χ2n) is 3.04. The van der Waals surface area contributed by atoms with Crippen molar-refractivity contribution in [1.82, 2.24) is 4.90 Å². The Kier molecular flexibility index (Phi) is 11.0. The molecule has 0 aliphatic carbocycles. The van der Waals surface area contributed by atoms with Crippen LogP contribution < -0.4 is 5.73 Å². The zero-order valence-corrected chi connectivity index (χ0v) is 13.1. The number of amides is 1. The van der Waals surface area contributed by atoms with Gasteiger partial charge in [0.05, 0.1) is 0 Å². The quantitative estimate of drug-likeness (QED) is 0.286. The Morgan fingerprint density at radius 2 is 1.88 bits per heavy atom. The fourth-order valence-electron chi connectivity index (χ4n) is 0.963. The minimum atomic E-state index is 0.0297. The molecule has 0 fully saturated rings. The Hall–Kier alpha value is 0.530. The first kappa shape index (κ1) is 16.5. The fraction of sp³-hybridized carbons (Fsp3) is 0.778. The molecule has 0 bridgehead atoms. The van der Waals surface area contributed by atoms with Crippen molar-refractivity contribution in [2.24, 2.45) is 5.73 Å². The van der Waals surface area contributed by atoms with Crippen LogP contribution in [0.4, 0.5) is 0 Å².